The maximum atomic E-state index is 11.0. The van der Waals surface area contributed by atoms with Gasteiger partial charge < -0.3 is 10.1 Å². The van der Waals surface area contributed by atoms with Crippen LogP contribution in [0.25, 0.3) is 0 Å². The average molecular weight is 249 g/mol. The molecule has 4 nitrogen and oxygen atoms in total. The van der Waals surface area contributed by atoms with E-state index >= 15 is 0 Å². The van der Waals surface area contributed by atoms with Gasteiger partial charge in [-0.15, -0.1) is 0 Å². The van der Waals surface area contributed by atoms with Crippen LogP contribution in [-0.2, 0) is 14.6 Å². The summed E-state index contributed by atoms with van der Waals surface area (Å²) in [5, 5.41) is 3.28. The monoisotopic (exact) mass is 249 g/mol. The molecule has 0 aromatic carbocycles. The van der Waals surface area contributed by atoms with Gasteiger partial charge in [-0.05, 0) is 38.6 Å². The molecule has 0 amide bonds. The molecule has 5 heteroatoms. The maximum Gasteiger partial charge on any atom is 0.147 e. The summed E-state index contributed by atoms with van der Waals surface area (Å²) in [6, 6.07) is 0.391. The second kappa shape index (κ2) is 6.57. The molecule has 0 aromatic rings. The molecule has 96 valence electrons. The van der Waals surface area contributed by atoms with Crippen molar-refractivity contribution in [1.29, 1.82) is 0 Å². The zero-order valence-electron chi connectivity index (χ0n) is 10.2. The fourth-order valence-electron chi connectivity index (χ4n) is 2.26. The molecule has 0 saturated carbocycles. The van der Waals surface area contributed by atoms with Crippen LogP contribution in [0.1, 0.15) is 25.7 Å². The molecular formula is C11H23NO3S. The standard InChI is InChI=1S/C11H23NO3S/c1-12-11(6-4-8-16(2,13)14)10-5-3-7-15-9-10/h10-12H,3-9H2,1-2H3. The minimum absolute atomic E-state index is 0.290. The number of rotatable bonds is 6. The van der Waals surface area contributed by atoms with Gasteiger partial charge in [0.2, 0.25) is 0 Å². The van der Waals surface area contributed by atoms with Crippen molar-refractivity contribution in [2.75, 3.05) is 32.3 Å². The lowest BCUT2D eigenvalue weighted by molar-refractivity contribution is 0.0391. The maximum absolute atomic E-state index is 11.0. The topological polar surface area (TPSA) is 55.4 Å². The molecule has 0 spiro atoms. The minimum Gasteiger partial charge on any atom is -0.381 e. The van der Waals surface area contributed by atoms with Crippen molar-refractivity contribution < 1.29 is 13.2 Å². The number of hydrogen-bond donors (Lipinski definition) is 1. The van der Waals surface area contributed by atoms with E-state index in [0.29, 0.717) is 17.7 Å². The van der Waals surface area contributed by atoms with Crippen LogP contribution in [0, 0.1) is 5.92 Å². The Morgan fingerprint density at radius 3 is 2.75 bits per heavy atom. The van der Waals surface area contributed by atoms with E-state index in [4.69, 9.17) is 4.74 Å². The highest BCUT2D eigenvalue weighted by atomic mass is 32.2. The van der Waals surface area contributed by atoms with Gasteiger partial charge in [0.25, 0.3) is 0 Å². The molecule has 1 rings (SSSR count). The van der Waals surface area contributed by atoms with E-state index in [1.165, 1.54) is 12.7 Å². The molecule has 2 atom stereocenters. The lowest BCUT2D eigenvalue weighted by Gasteiger charge is -2.30. The van der Waals surface area contributed by atoms with E-state index in [1.54, 1.807) is 0 Å². The number of sulfone groups is 1. The number of ether oxygens (including phenoxy) is 1. The Labute approximate surface area is 98.7 Å². The average Bonchev–Trinajstić information content (AvgIpc) is 2.24. The van der Waals surface area contributed by atoms with Gasteiger partial charge in [0.1, 0.15) is 9.84 Å². The third kappa shape index (κ3) is 5.27. The summed E-state index contributed by atoms with van der Waals surface area (Å²) in [6.07, 6.45) is 5.25. The summed E-state index contributed by atoms with van der Waals surface area (Å²) in [4.78, 5) is 0. The second-order valence-corrected chi connectivity index (χ2v) is 6.90. The summed E-state index contributed by atoms with van der Waals surface area (Å²) < 4.78 is 27.5. The molecule has 0 bridgehead atoms. The first-order valence-electron chi connectivity index (χ1n) is 5.95. The van der Waals surface area contributed by atoms with Crippen molar-refractivity contribution in [3.8, 4) is 0 Å². The van der Waals surface area contributed by atoms with Gasteiger partial charge in [0, 0.05) is 24.7 Å². The second-order valence-electron chi connectivity index (χ2n) is 4.64. The van der Waals surface area contributed by atoms with Crippen LogP contribution >= 0.6 is 0 Å². The highest BCUT2D eigenvalue weighted by Gasteiger charge is 2.22. The van der Waals surface area contributed by atoms with Gasteiger partial charge in [-0.3, -0.25) is 0 Å². The summed E-state index contributed by atoms with van der Waals surface area (Å²) in [7, 11) is -0.874. The lowest BCUT2D eigenvalue weighted by Crippen LogP contribution is -2.38. The molecule has 1 aliphatic heterocycles. The van der Waals surface area contributed by atoms with Crippen LogP contribution in [0.2, 0.25) is 0 Å². The molecule has 0 aromatic heterocycles. The Bertz CT molecular complexity index is 284. The van der Waals surface area contributed by atoms with Crippen LogP contribution in [0.5, 0.6) is 0 Å². The normalized spacial score (nSPS) is 24.2. The van der Waals surface area contributed by atoms with Crippen molar-refractivity contribution >= 4 is 9.84 Å². The molecule has 0 aliphatic carbocycles. The molecule has 1 heterocycles. The molecule has 1 saturated heterocycles. The summed E-state index contributed by atoms with van der Waals surface area (Å²) in [5.41, 5.74) is 0. The van der Waals surface area contributed by atoms with Gasteiger partial charge in [-0.1, -0.05) is 0 Å². The van der Waals surface area contributed by atoms with E-state index in [-0.39, 0.29) is 0 Å². The van der Waals surface area contributed by atoms with Crippen LogP contribution in [0.3, 0.4) is 0 Å². The Morgan fingerprint density at radius 2 is 2.25 bits per heavy atom. The van der Waals surface area contributed by atoms with Crippen LogP contribution in [0.15, 0.2) is 0 Å². The SMILES string of the molecule is CNC(CCCS(C)(=O)=O)C1CCCOC1. The highest BCUT2D eigenvalue weighted by molar-refractivity contribution is 7.90. The van der Waals surface area contributed by atoms with E-state index < -0.39 is 9.84 Å². The Hall–Kier alpha value is -0.130. The first kappa shape index (κ1) is 13.9. The van der Waals surface area contributed by atoms with Crippen LogP contribution in [0.4, 0.5) is 0 Å². The van der Waals surface area contributed by atoms with Gasteiger partial charge in [0.05, 0.1) is 6.61 Å². The predicted molar refractivity (Wildman–Crippen MR) is 65.3 cm³/mol. The third-order valence-electron chi connectivity index (χ3n) is 3.17. The highest BCUT2D eigenvalue weighted by Crippen LogP contribution is 2.20. The number of hydrogen-bond acceptors (Lipinski definition) is 4. The Morgan fingerprint density at radius 1 is 1.50 bits per heavy atom. The van der Waals surface area contributed by atoms with Crippen molar-refractivity contribution in [1.82, 2.24) is 5.32 Å². The summed E-state index contributed by atoms with van der Waals surface area (Å²) in [6.45, 7) is 1.68. The quantitative estimate of drug-likeness (QED) is 0.757. The van der Waals surface area contributed by atoms with Crippen molar-refractivity contribution in [2.24, 2.45) is 5.92 Å². The Kier molecular flexibility index (Phi) is 5.72. The van der Waals surface area contributed by atoms with Crippen LogP contribution in [-0.4, -0.2) is 46.7 Å². The fourth-order valence-corrected chi connectivity index (χ4v) is 2.96. The van der Waals surface area contributed by atoms with Gasteiger partial charge >= 0.3 is 0 Å². The van der Waals surface area contributed by atoms with Crippen molar-refractivity contribution in [3.05, 3.63) is 0 Å². The molecule has 0 radical (unpaired) electrons. The van der Waals surface area contributed by atoms with E-state index in [2.05, 4.69) is 5.32 Å². The van der Waals surface area contributed by atoms with E-state index in [0.717, 1.165) is 32.5 Å². The molecular weight excluding hydrogens is 226 g/mol. The van der Waals surface area contributed by atoms with E-state index in [1.807, 2.05) is 7.05 Å². The lowest BCUT2D eigenvalue weighted by atomic mass is 9.91. The fraction of sp³-hybridized carbons (Fsp3) is 1.00. The Balaban J connectivity index is 2.30. The van der Waals surface area contributed by atoms with Crippen LogP contribution < -0.4 is 5.32 Å². The predicted octanol–water partition coefficient (Wildman–Crippen LogP) is 0.826. The zero-order valence-corrected chi connectivity index (χ0v) is 11.1. The number of nitrogens with one attached hydrogen (secondary N) is 1. The van der Waals surface area contributed by atoms with Gasteiger partial charge in [-0.2, -0.15) is 0 Å². The first-order chi connectivity index (χ1) is 7.53. The molecule has 1 fully saturated rings. The smallest absolute Gasteiger partial charge is 0.147 e. The third-order valence-corrected chi connectivity index (χ3v) is 4.20. The molecule has 1 aliphatic rings. The van der Waals surface area contributed by atoms with Crippen molar-refractivity contribution in [3.63, 3.8) is 0 Å². The molecule has 16 heavy (non-hydrogen) atoms. The molecule has 1 N–H and O–H groups in total. The summed E-state index contributed by atoms with van der Waals surface area (Å²) >= 11 is 0. The zero-order chi connectivity index (χ0) is 12.0. The summed E-state index contributed by atoms with van der Waals surface area (Å²) in [5.74, 6) is 0.831. The molecule has 2 unspecified atom stereocenters. The van der Waals surface area contributed by atoms with E-state index in [9.17, 15) is 8.42 Å². The minimum atomic E-state index is -2.82. The van der Waals surface area contributed by atoms with Gasteiger partial charge in [0.15, 0.2) is 0 Å². The van der Waals surface area contributed by atoms with Crippen molar-refractivity contribution in [2.45, 2.75) is 31.7 Å². The first-order valence-corrected chi connectivity index (χ1v) is 8.01. The van der Waals surface area contributed by atoms with Gasteiger partial charge in [-0.25, -0.2) is 8.42 Å². The largest absolute Gasteiger partial charge is 0.381 e.